The highest BCUT2D eigenvalue weighted by molar-refractivity contribution is 14.0. The van der Waals surface area contributed by atoms with Crippen molar-refractivity contribution in [2.45, 2.75) is 51.4 Å². The second kappa shape index (κ2) is 13.3. The number of aliphatic imine (C=N–C) groups is 1. The number of guanidine groups is 1. The third kappa shape index (κ3) is 9.52. The summed E-state index contributed by atoms with van der Waals surface area (Å²) in [7, 11) is 0. The lowest BCUT2D eigenvalue weighted by molar-refractivity contribution is -0.137. The van der Waals surface area contributed by atoms with Crippen LogP contribution in [0.5, 0.6) is 0 Å². The Morgan fingerprint density at radius 3 is 2.69 bits per heavy atom. The molecular weight excluding hydrogens is 498 g/mol. The Morgan fingerprint density at radius 1 is 1.31 bits per heavy atom. The van der Waals surface area contributed by atoms with E-state index in [1.165, 1.54) is 12.1 Å². The van der Waals surface area contributed by atoms with Crippen molar-refractivity contribution in [2.75, 3.05) is 32.9 Å². The van der Waals surface area contributed by atoms with Gasteiger partial charge in [-0.3, -0.25) is 4.99 Å². The number of rotatable bonds is 8. The van der Waals surface area contributed by atoms with Gasteiger partial charge in [0.1, 0.15) is 0 Å². The fourth-order valence-electron chi connectivity index (χ4n) is 2.94. The predicted octanol–water partition coefficient (Wildman–Crippen LogP) is 4.53. The van der Waals surface area contributed by atoms with Crippen molar-refractivity contribution in [3.05, 3.63) is 35.4 Å². The normalized spacial score (nSPS) is 16.8. The number of halogens is 4. The summed E-state index contributed by atoms with van der Waals surface area (Å²) in [4.78, 5) is 4.50. The lowest BCUT2D eigenvalue weighted by Crippen LogP contribution is -2.39. The summed E-state index contributed by atoms with van der Waals surface area (Å²) >= 11 is 0. The Labute approximate surface area is 187 Å². The molecule has 0 spiro atoms. The molecule has 0 amide bonds. The fourth-order valence-corrected chi connectivity index (χ4v) is 2.94. The van der Waals surface area contributed by atoms with Crippen LogP contribution in [0, 0.1) is 0 Å². The van der Waals surface area contributed by atoms with Crippen molar-refractivity contribution in [1.29, 1.82) is 0 Å². The molecule has 9 heteroatoms. The molecular formula is C20H31F3IN3O2. The molecule has 0 bridgehead atoms. The highest BCUT2D eigenvalue weighted by atomic mass is 127. The van der Waals surface area contributed by atoms with E-state index in [-0.39, 0.29) is 36.1 Å². The van der Waals surface area contributed by atoms with Crippen LogP contribution in [0.25, 0.3) is 0 Å². The number of nitrogens with one attached hydrogen (secondary N) is 2. The van der Waals surface area contributed by atoms with Crippen LogP contribution in [0.1, 0.15) is 50.3 Å². The van der Waals surface area contributed by atoms with Crippen LogP contribution in [0.15, 0.2) is 29.3 Å². The van der Waals surface area contributed by atoms with E-state index in [0.29, 0.717) is 31.2 Å². The summed E-state index contributed by atoms with van der Waals surface area (Å²) in [6.07, 6.45) is -1.43. The molecule has 2 rings (SSSR count). The van der Waals surface area contributed by atoms with E-state index < -0.39 is 11.7 Å². The molecule has 1 saturated heterocycles. The number of ether oxygens (including phenoxy) is 2. The molecule has 1 aromatic carbocycles. The standard InChI is InChI=1S/C20H30F3N3O2.HI/c1-3-24-19(25-10-5-11-28-18-8-12-27-13-9-18)26-15(2)16-6-4-7-17(14-16)20(21,22)23;/h4,6-7,14-15,18H,3,5,8-13H2,1-2H3,(H2,24,25,26);1H. The fraction of sp³-hybridized carbons (Fsp3) is 0.650. The molecule has 166 valence electrons. The van der Waals surface area contributed by atoms with Gasteiger partial charge in [-0.1, -0.05) is 12.1 Å². The molecule has 1 unspecified atom stereocenters. The number of hydrogen-bond acceptors (Lipinski definition) is 3. The van der Waals surface area contributed by atoms with E-state index in [0.717, 1.165) is 38.5 Å². The van der Waals surface area contributed by atoms with Crippen molar-refractivity contribution in [3.63, 3.8) is 0 Å². The molecule has 2 N–H and O–H groups in total. The van der Waals surface area contributed by atoms with Gasteiger partial charge in [-0.2, -0.15) is 13.2 Å². The highest BCUT2D eigenvalue weighted by Gasteiger charge is 2.30. The number of hydrogen-bond donors (Lipinski definition) is 2. The summed E-state index contributed by atoms with van der Waals surface area (Å²) in [5.74, 6) is 0.582. The molecule has 1 aliphatic heterocycles. The number of benzene rings is 1. The summed E-state index contributed by atoms with van der Waals surface area (Å²) in [6, 6.07) is 5.04. The molecule has 1 fully saturated rings. The summed E-state index contributed by atoms with van der Waals surface area (Å²) < 4.78 is 49.9. The Kier molecular flexibility index (Phi) is 11.9. The molecule has 0 aromatic heterocycles. The second-order valence-electron chi connectivity index (χ2n) is 6.79. The summed E-state index contributed by atoms with van der Waals surface area (Å²) in [5, 5.41) is 6.30. The maximum Gasteiger partial charge on any atom is 0.416 e. The zero-order valence-electron chi connectivity index (χ0n) is 16.9. The molecule has 1 aliphatic rings. The van der Waals surface area contributed by atoms with Gasteiger partial charge < -0.3 is 20.1 Å². The largest absolute Gasteiger partial charge is 0.416 e. The number of nitrogens with zero attached hydrogens (tertiary/aromatic N) is 1. The first-order valence-corrected chi connectivity index (χ1v) is 9.81. The Hall–Kier alpha value is -1.07. The monoisotopic (exact) mass is 529 g/mol. The van der Waals surface area contributed by atoms with Gasteiger partial charge in [0, 0.05) is 32.9 Å². The minimum atomic E-state index is -4.35. The number of alkyl halides is 3. The maximum absolute atomic E-state index is 12.9. The van der Waals surface area contributed by atoms with Gasteiger partial charge in [0.15, 0.2) is 5.96 Å². The topological polar surface area (TPSA) is 54.9 Å². The van der Waals surface area contributed by atoms with Gasteiger partial charge in [0.25, 0.3) is 0 Å². The van der Waals surface area contributed by atoms with Crippen LogP contribution in [0.2, 0.25) is 0 Å². The Bertz CT molecular complexity index is 623. The summed E-state index contributed by atoms with van der Waals surface area (Å²) in [5.41, 5.74) is -0.0888. The Balaban J connectivity index is 0.00000420. The average molecular weight is 529 g/mol. The van der Waals surface area contributed by atoms with Crippen LogP contribution in [0.4, 0.5) is 13.2 Å². The van der Waals surface area contributed by atoms with E-state index in [4.69, 9.17) is 9.47 Å². The first-order chi connectivity index (χ1) is 13.4. The smallest absolute Gasteiger partial charge is 0.381 e. The molecule has 29 heavy (non-hydrogen) atoms. The first kappa shape index (κ1) is 26.0. The third-order valence-electron chi connectivity index (χ3n) is 4.51. The maximum atomic E-state index is 12.9. The van der Waals surface area contributed by atoms with Gasteiger partial charge in [-0.15, -0.1) is 24.0 Å². The van der Waals surface area contributed by atoms with Crippen LogP contribution in [0.3, 0.4) is 0 Å². The average Bonchev–Trinajstić information content (AvgIpc) is 2.68. The SMILES string of the molecule is CCNC(=NCCCOC1CCOCC1)NC(C)c1cccc(C(F)(F)F)c1.I. The van der Waals surface area contributed by atoms with Gasteiger partial charge in [-0.25, -0.2) is 0 Å². The van der Waals surface area contributed by atoms with Gasteiger partial charge in [-0.05, 0) is 50.8 Å². The molecule has 5 nitrogen and oxygen atoms in total. The zero-order chi connectivity index (χ0) is 20.4. The Morgan fingerprint density at radius 2 is 2.03 bits per heavy atom. The van der Waals surface area contributed by atoms with E-state index in [1.807, 2.05) is 13.8 Å². The van der Waals surface area contributed by atoms with Gasteiger partial charge in [0.05, 0.1) is 17.7 Å². The van der Waals surface area contributed by atoms with Crippen molar-refractivity contribution < 1.29 is 22.6 Å². The van der Waals surface area contributed by atoms with E-state index in [2.05, 4.69) is 15.6 Å². The minimum Gasteiger partial charge on any atom is -0.381 e. The van der Waals surface area contributed by atoms with Gasteiger partial charge >= 0.3 is 6.18 Å². The highest BCUT2D eigenvalue weighted by Crippen LogP contribution is 2.30. The lowest BCUT2D eigenvalue weighted by Gasteiger charge is -2.22. The molecule has 1 atom stereocenters. The first-order valence-electron chi connectivity index (χ1n) is 9.81. The van der Waals surface area contributed by atoms with Crippen LogP contribution < -0.4 is 10.6 Å². The molecule has 0 radical (unpaired) electrons. The quantitative estimate of drug-likeness (QED) is 0.225. The minimum absolute atomic E-state index is 0. The van der Waals surface area contributed by atoms with E-state index >= 15 is 0 Å². The van der Waals surface area contributed by atoms with Crippen LogP contribution in [-0.2, 0) is 15.7 Å². The predicted molar refractivity (Wildman–Crippen MR) is 119 cm³/mol. The molecule has 1 aromatic rings. The van der Waals surface area contributed by atoms with Crippen LogP contribution >= 0.6 is 24.0 Å². The van der Waals surface area contributed by atoms with Crippen molar-refractivity contribution in [3.8, 4) is 0 Å². The van der Waals surface area contributed by atoms with Crippen molar-refractivity contribution >= 4 is 29.9 Å². The lowest BCUT2D eigenvalue weighted by atomic mass is 10.1. The van der Waals surface area contributed by atoms with Crippen molar-refractivity contribution in [1.82, 2.24) is 10.6 Å². The molecule has 0 saturated carbocycles. The van der Waals surface area contributed by atoms with Gasteiger partial charge in [0.2, 0.25) is 0 Å². The molecule has 0 aliphatic carbocycles. The zero-order valence-corrected chi connectivity index (χ0v) is 19.3. The van der Waals surface area contributed by atoms with Crippen LogP contribution in [-0.4, -0.2) is 45.0 Å². The second-order valence-corrected chi connectivity index (χ2v) is 6.79. The molecule has 1 heterocycles. The third-order valence-corrected chi connectivity index (χ3v) is 4.51. The summed E-state index contributed by atoms with van der Waals surface area (Å²) in [6.45, 7) is 7.15. The van der Waals surface area contributed by atoms with E-state index in [9.17, 15) is 13.2 Å². The van der Waals surface area contributed by atoms with E-state index in [1.54, 1.807) is 6.07 Å². The van der Waals surface area contributed by atoms with Crippen molar-refractivity contribution in [2.24, 2.45) is 4.99 Å².